The Morgan fingerprint density at radius 2 is 2.04 bits per heavy atom. The molecule has 2 aromatic carbocycles. The van der Waals surface area contributed by atoms with Gasteiger partial charge in [-0.1, -0.05) is 12.1 Å². The van der Waals surface area contributed by atoms with E-state index in [1.54, 1.807) is 30.3 Å². The van der Waals surface area contributed by atoms with Crippen molar-refractivity contribution in [2.75, 3.05) is 27.2 Å². The molecule has 0 aliphatic carbocycles. The van der Waals surface area contributed by atoms with Gasteiger partial charge in [0.05, 0.1) is 11.5 Å². The van der Waals surface area contributed by atoms with E-state index in [1.807, 2.05) is 19.0 Å². The van der Waals surface area contributed by atoms with Crippen molar-refractivity contribution in [2.45, 2.75) is 17.4 Å². The average Bonchev–Trinajstić information content (AvgIpc) is 3.02. The largest absolute Gasteiger partial charge is 0.493 e. The standard InChI is InChI=1S/C18H21FN2O3S/c1-21(2)17(13-4-3-5-15(19)10-13)12-20-25(22,23)16-6-7-18-14(11-16)8-9-24-18/h3-7,10-11,17,20H,8-9,12H2,1-2H3/t17-/m1/s1. The highest BCUT2D eigenvalue weighted by Gasteiger charge is 2.22. The molecular weight excluding hydrogens is 343 g/mol. The van der Waals surface area contributed by atoms with Gasteiger partial charge < -0.3 is 9.64 Å². The number of hydrogen-bond donors (Lipinski definition) is 1. The first kappa shape index (κ1) is 17.8. The number of rotatable bonds is 6. The summed E-state index contributed by atoms with van der Waals surface area (Å²) in [5.41, 5.74) is 1.62. The lowest BCUT2D eigenvalue weighted by Crippen LogP contribution is -2.34. The number of nitrogens with zero attached hydrogens (tertiary/aromatic N) is 1. The molecule has 5 nitrogen and oxygen atoms in total. The van der Waals surface area contributed by atoms with Crippen molar-refractivity contribution < 1.29 is 17.5 Å². The second kappa shape index (κ2) is 7.11. The topological polar surface area (TPSA) is 58.6 Å². The van der Waals surface area contributed by atoms with Gasteiger partial charge in [0, 0.05) is 19.0 Å². The predicted octanol–water partition coefficient (Wildman–Crippen LogP) is 2.34. The summed E-state index contributed by atoms with van der Waals surface area (Å²) in [6.07, 6.45) is 0.711. The van der Waals surface area contributed by atoms with Crippen molar-refractivity contribution in [1.82, 2.24) is 9.62 Å². The minimum Gasteiger partial charge on any atom is -0.493 e. The molecule has 134 valence electrons. The van der Waals surface area contributed by atoms with Gasteiger partial charge in [-0.2, -0.15) is 0 Å². The van der Waals surface area contributed by atoms with Crippen LogP contribution in [0.4, 0.5) is 4.39 Å². The Morgan fingerprint density at radius 1 is 1.24 bits per heavy atom. The number of hydrogen-bond acceptors (Lipinski definition) is 4. The zero-order valence-electron chi connectivity index (χ0n) is 14.2. The summed E-state index contributed by atoms with van der Waals surface area (Å²) in [6, 6.07) is 10.8. The summed E-state index contributed by atoms with van der Waals surface area (Å²) in [5.74, 6) is 0.399. The third-order valence-corrected chi connectivity index (χ3v) is 5.72. The average molecular weight is 364 g/mol. The van der Waals surface area contributed by atoms with Gasteiger partial charge >= 0.3 is 0 Å². The van der Waals surface area contributed by atoms with Crippen LogP contribution in [0.1, 0.15) is 17.2 Å². The van der Waals surface area contributed by atoms with Crippen molar-refractivity contribution in [2.24, 2.45) is 0 Å². The van der Waals surface area contributed by atoms with E-state index in [-0.39, 0.29) is 23.3 Å². The van der Waals surface area contributed by atoms with Gasteiger partial charge in [-0.25, -0.2) is 17.5 Å². The number of fused-ring (bicyclic) bond motifs is 1. The molecule has 0 bridgehead atoms. The molecule has 2 aromatic rings. The molecule has 0 aromatic heterocycles. The lowest BCUT2D eigenvalue weighted by molar-refractivity contribution is 0.299. The molecule has 7 heteroatoms. The minimum atomic E-state index is -3.65. The molecular formula is C18H21FN2O3S. The van der Waals surface area contributed by atoms with Crippen LogP contribution in [0.25, 0.3) is 0 Å². The fraction of sp³-hybridized carbons (Fsp3) is 0.333. The van der Waals surface area contributed by atoms with Crippen LogP contribution in [-0.2, 0) is 16.4 Å². The molecule has 0 fully saturated rings. The van der Waals surface area contributed by atoms with Crippen LogP contribution < -0.4 is 9.46 Å². The zero-order valence-corrected chi connectivity index (χ0v) is 15.0. The number of likely N-dealkylation sites (N-methyl/N-ethyl adjacent to an activating group) is 1. The maximum atomic E-state index is 13.5. The second-order valence-corrected chi connectivity index (χ2v) is 8.02. The molecule has 1 atom stereocenters. The summed E-state index contributed by atoms with van der Waals surface area (Å²) in [5, 5.41) is 0. The highest BCUT2D eigenvalue weighted by molar-refractivity contribution is 7.89. The van der Waals surface area contributed by atoms with Crippen LogP contribution in [0.15, 0.2) is 47.4 Å². The van der Waals surface area contributed by atoms with Crippen LogP contribution in [0.5, 0.6) is 5.75 Å². The van der Waals surface area contributed by atoms with Crippen LogP contribution in [0.3, 0.4) is 0 Å². The smallest absolute Gasteiger partial charge is 0.240 e. The van der Waals surface area contributed by atoms with Gasteiger partial charge in [0.25, 0.3) is 0 Å². The van der Waals surface area contributed by atoms with Crippen LogP contribution in [0, 0.1) is 5.82 Å². The van der Waals surface area contributed by atoms with Gasteiger partial charge in [-0.3, -0.25) is 0 Å². The van der Waals surface area contributed by atoms with Crippen LogP contribution >= 0.6 is 0 Å². The first-order valence-corrected chi connectivity index (χ1v) is 9.52. The van der Waals surface area contributed by atoms with Crippen molar-refractivity contribution >= 4 is 10.0 Å². The van der Waals surface area contributed by atoms with Gasteiger partial charge in [-0.05, 0) is 55.6 Å². The van der Waals surface area contributed by atoms with E-state index in [0.29, 0.717) is 13.0 Å². The van der Waals surface area contributed by atoms with E-state index in [4.69, 9.17) is 4.74 Å². The minimum absolute atomic E-state index is 0.145. The Morgan fingerprint density at radius 3 is 2.76 bits per heavy atom. The summed E-state index contributed by atoms with van der Waals surface area (Å²) < 4.78 is 46.8. The Bertz CT molecular complexity index is 868. The third kappa shape index (κ3) is 4.00. The number of halogens is 1. The van der Waals surface area contributed by atoms with E-state index in [2.05, 4.69) is 4.72 Å². The Hall–Kier alpha value is -1.96. The molecule has 1 N–H and O–H groups in total. The normalized spacial score (nSPS) is 15.0. The summed E-state index contributed by atoms with van der Waals surface area (Å²) >= 11 is 0. The van der Waals surface area contributed by atoms with Gasteiger partial charge in [0.1, 0.15) is 11.6 Å². The first-order chi connectivity index (χ1) is 11.9. The quantitative estimate of drug-likeness (QED) is 0.855. The molecule has 1 heterocycles. The predicted molar refractivity (Wildman–Crippen MR) is 93.7 cm³/mol. The van der Waals surface area contributed by atoms with Crippen molar-refractivity contribution in [3.63, 3.8) is 0 Å². The summed E-state index contributed by atoms with van der Waals surface area (Å²) in [4.78, 5) is 2.07. The Labute approximate surface area is 147 Å². The van der Waals surface area contributed by atoms with E-state index >= 15 is 0 Å². The zero-order chi connectivity index (χ0) is 18.0. The van der Waals surface area contributed by atoms with Crippen LogP contribution in [0.2, 0.25) is 0 Å². The highest BCUT2D eigenvalue weighted by Crippen LogP contribution is 2.27. The monoisotopic (exact) mass is 364 g/mol. The molecule has 0 saturated heterocycles. The number of benzene rings is 2. The molecule has 0 unspecified atom stereocenters. The lowest BCUT2D eigenvalue weighted by Gasteiger charge is -2.25. The summed E-state index contributed by atoms with van der Waals surface area (Å²) in [6.45, 7) is 0.723. The lowest BCUT2D eigenvalue weighted by atomic mass is 10.1. The first-order valence-electron chi connectivity index (χ1n) is 8.04. The Balaban J connectivity index is 1.78. The highest BCUT2D eigenvalue weighted by atomic mass is 32.2. The number of ether oxygens (including phenoxy) is 1. The van der Waals surface area contributed by atoms with E-state index in [1.165, 1.54) is 12.1 Å². The molecule has 1 aliphatic heterocycles. The van der Waals surface area contributed by atoms with Gasteiger partial charge in [0.2, 0.25) is 10.0 Å². The SMILES string of the molecule is CN(C)[C@H](CNS(=O)(=O)c1ccc2c(c1)CCO2)c1cccc(F)c1. The molecule has 3 rings (SSSR count). The molecule has 0 amide bonds. The fourth-order valence-electron chi connectivity index (χ4n) is 2.91. The Kier molecular flexibility index (Phi) is 5.08. The van der Waals surface area contributed by atoms with Gasteiger partial charge in [-0.15, -0.1) is 0 Å². The third-order valence-electron chi connectivity index (χ3n) is 4.29. The number of nitrogens with one attached hydrogen (secondary N) is 1. The molecule has 0 saturated carbocycles. The van der Waals surface area contributed by atoms with Crippen molar-refractivity contribution in [3.8, 4) is 5.75 Å². The fourth-order valence-corrected chi connectivity index (χ4v) is 4.00. The molecule has 0 spiro atoms. The maximum absolute atomic E-state index is 13.5. The maximum Gasteiger partial charge on any atom is 0.240 e. The van der Waals surface area contributed by atoms with E-state index < -0.39 is 10.0 Å². The van der Waals surface area contributed by atoms with E-state index in [9.17, 15) is 12.8 Å². The molecule has 1 aliphatic rings. The summed E-state index contributed by atoms with van der Waals surface area (Å²) in [7, 11) is 0.00540. The molecule has 25 heavy (non-hydrogen) atoms. The van der Waals surface area contributed by atoms with Crippen LogP contribution in [-0.4, -0.2) is 40.6 Å². The second-order valence-electron chi connectivity index (χ2n) is 6.25. The van der Waals surface area contributed by atoms with Crippen molar-refractivity contribution in [3.05, 3.63) is 59.4 Å². The molecule has 0 radical (unpaired) electrons. The van der Waals surface area contributed by atoms with E-state index in [0.717, 1.165) is 16.9 Å². The van der Waals surface area contributed by atoms with Crippen molar-refractivity contribution in [1.29, 1.82) is 0 Å². The van der Waals surface area contributed by atoms with Gasteiger partial charge in [0.15, 0.2) is 0 Å². The number of sulfonamides is 1.